The number of nitrogens with one attached hydrogen (secondary N) is 1. The predicted molar refractivity (Wildman–Crippen MR) is 171 cm³/mol. The van der Waals surface area contributed by atoms with Gasteiger partial charge in [0.15, 0.2) is 0 Å². The minimum absolute atomic E-state index is 0.0632. The van der Waals surface area contributed by atoms with Gasteiger partial charge in [0.25, 0.3) is 0 Å². The minimum Gasteiger partial charge on any atom is -0.387 e. The molecule has 0 rings (SSSR count). The lowest BCUT2D eigenvalue weighted by molar-refractivity contribution is -0.870. The molecule has 0 saturated heterocycles. The molecule has 1 amide bonds. The van der Waals surface area contributed by atoms with Crippen molar-refractivity contribution in [2.24, 2.45) is 0 Å². The Kier molecular flexibility index (Phi) is 25.2. The molecule has 3 unspecified atom stereocenters. The molecule has 0 aromatic heterocycles. The summed E-state index contributed by atoms with van der Waals surface area (Å²) in [6.07, 6.45) is 24.3. The fourth-order valence-electron chi connectivity index (χ4n) is 4.51. The quantitative estimate of drug-likeness (QED) is 0.0350. The van der Waals surface area contributed by atoms with Crippen LogP contribution in [0.1, 0.15) is 136 Å². The maximum Gasteiger partial charge on any atom is 0.472 e. The number of carbonyl (C=O) groups is 1. The molecule has 0 aromatic rings. The van der Waals surface area contributed by atoms with Crippen molar-refractivity contribution in [3.05, 3.63) is 12.2 Å². The Balaban J connectivity index is 4.58. The molecule has 3 atom stereocenters. The van der Waals surface area contributed by atoms with Gasteiger partial charge in [-0.15, -0.1) is 0 Å². The van der Waals surface area contributed by atoms with Crippen LogP contribution in [0.5, 0.6) is 0 Å². The number of aliphatic hydroxyl groups excluding tert-OH is 1. The lowest BCUT2D eigenvalue weighted by Crippen LogP contribution is -2.45. The van der Waals surface area contributed by atoms with Crippen molar-refractivity contribution in [3.8, 4) is 0 Å². The van der Waals surface area contributed by atoms with E-state index in [-0.39, 0.29) is 19.1 Å². The lowest BCUT2D eigenvalue weighted by Gasteiger charge is -2.25. The second-order valence-corrected chi connectivity index (χ2v) is 14.0. The SMILES string of the molecule is CCCCCCCCCCCCC/C=C/C(O)C(COP(=O)(O)OCC[N+](C)(C)C)NC(=O)CCCCCCCC. The van der Waals surface area contributed by atoms with Gasteiger partial charge in [-0.2, -0.15) is 0 Å². The number of rotatable bonds is 29. The van der Waals surface area contributed by atoms with Crippen LogP contribution in [0.4, 0.5) is 0 Å². The van der Waals surface area contributed by atoms with E-state index in [0.717, 1.165) is 38.5 Å². The van der Waals surface area contributed by atoms with Crippen molar-refractivity contribution in [1.29, 1.82) is 0 Å². The van der Waals surface area contributed by atoms with Gasteiger partial charge < -0.3 is 19.8 Å². The van der Waals surface area contributed by atoms with Gasteiger partial charge in [0.05, 0.1) is 39.9 Å². The second-order valence-electron chi connectivity index (χ2n) is 12.5. The number of phosphoric acid groups is 1. The average Bonchev–Trinajstić information content (AvgIpc) is 2.90. The molecule has 0 fully saturated rings. The molecule has 0 bridgehead atoms. The maximum atomic E-state index is 12.6. The molecule has 244 valence electrons. The van der Waals surface area contributed by atoms with E-state index in [9.17, 15) is 19.4 Å². The first-order chi connectivity index (χ1) is 19.5. The smallest absolute Gasteiger partial charge is 0.387 e. The molecule has 0 aliphatic carbocycles. The summed E-state index contributed by atoms with van der Waals surface area (Å²) in [4.78, 5) is 22.7. The highest BCUT2D eigenvalue weighted by atomic mass is 31.2. The summed E-state index contributed by atoms with van der Waals surface area (Å²) in [5, 5.41) is 13.6. The van der Waals surface area contributed by atoms with Crippen LogP contribution in [0.2, 0.25) is 0 Å². The van der Waals surface area contributed by atoms with Gasteiger partial charge >= 0.3 is 7.82 Å². The number of nitrogens with zero attached hydrogens (tertiary/aromatic N) is 1. The molecule has 8 nitrogen and oxygen atoms in total. The van der Waals surface area contributed by atoms with Crippen LogP contribution in [0.25, 0.3) is 0 Å². The Morgan fingerprint density at radius 1 is 0.805 bits per heavy atom. The number of unbranched alkanes of at least 4 members (excludes halogenated alkanes) is 16. The van der Waals surface area contributed by atoms with Crippen LogP contribution in [-0.2, 0) is 18.4 Å². The first-order valence-electron chi connectivity index (χ1n) is 16.6. The fraction of sp³-hybridized carbons (Fsp3) is 0.906. The lowest BCUT2D eigenvalue weighted by atomic mass is 10.0. The van der Waals surface area contributed by atoms with Crippen LogP contribution in [0.3, 0.4) is 0 Å². The van der Waals surface area contributed by atoms with Crippen LogP contribution < -0.4 is 5.32 Å². The zero-order chi connectivity index (χ0) is 30.8. The van der Waals surface area contributed by atoms with Crippen molar-refractivity contribution < 1.29 is 32.9 Å². The number of aliphatic hydroxyl groups is 1. The number of amides is 1. The van der Waals surface area contributed by atoms with E-state index >= 15 is 0 Å². The normalized spacial score (nSPS) is 15.2. The number of phosphoric ester groups is 1. The van der Waals surface area contributed by atoms with E-state index in [1.807, 2.05) is 27.2 Å². The van der Waals surface area contributed by atoms with E-state index < -0.39 is 20.0 Å². The van der Waals surface area contributed by atoms with E-state index in [4.69, 9.17) is 9.05 Å². The van der Waals surface area contributed by atoms with Gasteiger partial charge in [-0.3, -0.25) is 13.8 Å². The molecule has 3 N–H and O–H groups in total. The molecule has 0 saturated carbocycles. The highest BCUT2D eigenvalue weighted by Crippen LogP contribution is 2.43. The summed E-state index contributed by atoms with van der Waals surface area (Å²) < 4.78 is 23.3. The molecule has 0 radical (unpaired) electrons. The molecule has 0 aliphatic rings. The average molecular weight is 606 g/mol. The van der Waals surface area contributed by atoms with E-state index in [1.54, 1.807) is 6.08 Å². The zero-order valence-corrected chi connectivity index (χ0v) is 28.2. The van der Waals surface area contributed by atoms with Gasteiger partial charge in [0.1, 0.15) is 13.2 Å². The first kappa shape index (κ1) is 40.2. The van der Waals surface area contributed by atoms with Crippen molar-refractivity contribution in [3.63, 3.8) is 0 Å². The third kappa shape index (κ3) is 27.8. The number of allylic oxidation sites excluding steroid dienone is 1. The van der Waals surface area contributed by atoms with Gasteiger partial charge in [-0.1, -0.05) is 122 Å². The molecular formula is C32H66N2O6P+. The topological polar surface area (TPSA) is 105 Å². The van der Waals surface area contributed by atoms with Crippen molar-refractivity contribution in [1.82, 2.24) is 5.32 Å². The summed E-state index contributed by atoms with van der Waals surface area (Å²) in [5.74, 6) is -0.189. The molecule has 0 aliphatic heterocycles. The monoisotopic (exact) mass is 605 g/mol. The summed E-state index contributed by atoms with van der Waals surface area (Å²) in [5.41, 5.74) is 0. The largest absolute Gasteiger partial charge is 0.472 e. The minimum atomic E-state index is -4.31. The van der Waals surface area contributed by atoms with Crippen LogP contribution in [0.15, 0.2) is 12.2 Å². The molecule has 0 heterocycles. The van der Waals surface area contributed by atoms with Crippen LogP contribution in [0, 0.1) is 0 Å². The molecule has 0 spiro atoms. The van der Waals surface area contributed by atoms with E-state index in [2.05, 4.69) is 19.2 Å². The van der Waals surface area contributed by atoms with Gasteiger partial charge in [0, 0.05) is 6.42 Å². The maximum absolute atomic E-state index is 12.6. The van der Waals surface area contributed by atoms with E-state index in [0.29, 0.717) is 17.4 Å². The summed E-state index contributed by atoms with van der Waals surface area (Å²) >= 11 is 0. The number of hydrogen-bond donors (Lipinski definition) is 3. The third-order valence-corrected chi connectivity index (χ3v) is 8.24. The number of hydrogen-bond acceptors (Lipinski definition) is 5. The van der Waals surface area contributed by atoms with Crippen molar-refractivity contribution in [2.45, 2.75) is 148 Å². The fourth-order valence-corrected chi connectivity index (χ4v) is 5.24. The summed E-state index contributed by atoms with van der Waals surface area (Å²) in [6, 6.07) is -0.835. The third-order valence-electron chi connectivity index (χ3n) is 7.26. The molecule has 9 heteroatoms. The zero-order valence-electron chi connectivity index (χ0n) is 27.3. The number of quaternary nitrogens is 1. The predicted octanol–water partition coefficient (Wildman–Crippen LogP) is 7.68. The second kappa shape index (κ2) is 25.7. The number of carbonyl (C=O) groups excluding carboxylic acids is 1. The Bertz CT molecular complexity index is 698. The van der Waals surface area contributed by atoms with E-state index in [1.165, 1.54) is 77.0 Å². The van der Waals surface area contributed by atoms with Crippen LogP contribution in [-0.4, -0.2) is 73.4 Å². The van der Waals surface area contributed by atoms with Gasteiger partial charge in [-0.05, 0) is 19.3 Å². The Hall–Kier alpha value is -0.760. The number of likely N-dealkylation sites (N-methyl/N-ethyl adjacent to an activating group) is 1. The highest BCUT2D eigenvalue weighted by Gasteiger charge is 2.27. The Morgan fingerprint density at radius 3 is 1.80 bits per heavy atom. The van der Waals surface area contributed by atoms with Crippen molar-refractivity contribution in [2.75, 3.05) is 40.9 Å². The first-order valence-corrected chi connectivity index (χ1v) is 18.1. The summed E-state index contributed by atoms with van der Waals surface area (Å²) in [7, 11) is 1.57. The standard InChI is InChI=1S/C32H65N2O6P/c1-6-8-10-12-14-15-16-17-18-19-20-21-23-25-31(35)30(33-32(36)26-24-22-13-11-9-7-2)29-40-41(37,38)39-28-27-34(3,4)5/h23,25,30-31,35H,6-22,24,26-29H2,1-5H3,(H-,33,36,37,38)/p+1/b25-23+. The van der Waals surface area contributed by atoms with Crippen molar-refractivity contribution >= 4 is 13.7 Å². The Labute approximate surface area is 252 Å². The van der Waals surface area contributed by atoms with Crippen LogP contribution >= 0.6 is 7.82 Å². The Morgan fingerprint density at radius 2 is 1.29 bits per heavy atom. The molecular weight excluding hydrogens is 539 g/mol. The van der Waals surface area contributed by atoms with Gasteiger partial charge in [0.2, 0.25) is 5.91 Å². The highest BCUT2D eigenvalue weighted by molar-refractivity contribution is 7.47. The van der Waals surface area contributed by atoms with Gasteiger partial charge in [-0.25, -0.2) is 4.57 Å². The molecule has 0 aromatic carbocycles. The summed E-state index contributed by atoms with van der Waals surface area (Å²) in [6.45, 7) is 4.71. The molecule has 41 heavy (non-hydrogen) atoms.